The van der Waals surface area contributed by atoms with E-state index in [4.69, 9.17) is 33.2 Å². The number of hydrogen-bond donors (Lipinski definition) is 0. The monoisotopic (exact) mass is 606 g/mol. The van der Waals surface area contributed by atoms with Gasteiger partial charge in [0.25, 0.3) is 0 Å². The molecule has 0 aromatic heterocycles. The van der Waals surface area contributed by atoms with Gasteiger partial charge in [0.1, 0.15) is 13.2 Å². The van der Waals surface area contributed by atoms with Gasteiger partial charge in [0.15, 0.2) is 0 Å². The maximum Gasteiger partial charge on any atom is 0.310 e. The van der Waals surface area contributed by atoms with Crippen molar-refractivity contribution in [3.63, 3.8) is 0 Å². The fourth-order valence-electron chi connectivity index (χ4n) is 5.03. The van der Waals surface area contributed by atoms with E-state index in [9.17, 15) is 19.2 Å². The predicted octanol–water partition coefficient (Wildman–Crippen LogP) is 3.50. The topological polar surface area (TPSA) is 133 Å². The van der Waals surface area contributed by atoms with Crippen LogP contribution in [0.2, 0.25) is 0 Å². The minimum atomic E-state index is -0.566. The molecule has 0 radical (unpaired) electrons. The molecule has 3 rings (SSSR count). The molecule has 2 aliphatic carbocycles. The zero-order valence-electron chi connectivity index (χ0n) is 25.0. The van der Waals surface area contributed by atoms with Crippen molar-refractivity contribution >= 4 is 23.9 Å². The Kier molecular flexibility index (Phi) is 16.7. The molecule has 240 valence electrons. The summed E-state index contributed by atoms with van der Waals surface area (Å²) in [5.41, 5.74) is 0. The van der Waals surface area contributed by atoms with E-state index in [0.29, 0.717) is 65.0 Å². The highest BCUT2D eigenvalue weighted by Gasteiger charge is 2.37. The van der Waals surface area contributed by atoms with Crippen LogP contribution in [0.5, 0.6) is 0 Å². The van der Waals surface area contributed by atoms with Crippen LogP contribution in [-0.2, 0) is 52.3 Å². The Morgan fingerprint density at radius 3 is 0.977 bits per heavy atom. The molecule has 4 atom stereocenters. The second kappa shape index (κ2) is 20.8. The van der Waals surface area contributed by atoms with E-state index in [0.717, 1.165) is 12.8 Å². The van der Waals surface area contributed by atoms with Gasteiger partial charge >= 0.3 is 23.9 Å². The number of carbonyl (C=O) groups excluding carboxylic acids is 4. The van der Waals surface area contributed by atoms with Crippen molar-refractivity contribution < 1.29 is 52.3 Å². The summed E-state index contributed by atoms with van der Waals surface area (Å²) in [6.45, 7) is 2.49. The third kappa shape index (κ3) is 13.0. The van der Waals surface area contributed by atoms with Crippen LogP contribution in [0.1, 0.15) is 51.4 Å². The molecule has 0 fully saturated rings. The minimum absolute atomic E-state index is 0.0904. The Morgan fingerprint density at radius 2 is 0.651 bits per heavy atom. The molecule has 0 spiro atoms. The highest BCUT2D eigenvalue weighted by atomic mass is 16.6. The van der Waals surface area contributed by atoms with Crippen LogP contribution >= 0.6 is 0 Å². The molecule has 0 N–H and O–H groups in total. The first kappa shape index (κ1) is 34.5. The summed E-state index contributed by atoms with van der Waals surface area (Å²) >= 11 is 0. The second-order valence-electron chi connectivity index (χ2n) is 10.6. The number of esters is 4. The van der Waals surface area contributed by atoms with E-state index >= 15 is 0 Å². The van der Waals surface area contributed by atoms with Gasteiger partial charge < -0.3 is 33.2 Å². The minimum Gasteiger partial charge on any atom is -0.465 e. The maximum absolute atomic E-state index is 12.7. The summed E-state index contributed by atoms with van der Waals surface area (Å²) in [5.74, 6) is -3.85. The lowest BCUT2D eigenvalue weighted by Gasteiger charge is -2.25. The highest BCUT2D eigenvalue weighted by molar-refractivity contribution is 5.83. The Labute approximate surface area is 253 Å². The number of hydrogen-bond acceptors (Lipinski definition) is 11. The van der Waals surface area contributed by atoms with Gasteiger partial charge in [0, 0.05) is 0 Å². The maximum atomic E-state index is 12.7. The quantitative estimate of drug-likeness (QED) is 0.228. The fraction of sp³-hybridized carbons (Fsp3) is 0.688. The lowest BCUT2D eigenvalue weighted by Crippen LogP contribution is -2.34. The van der Waals surface area contributed by atoms with E-state index in [1.807, 2.05) is 36.5 Å². The molecular weight excluding hydrogens is 560 g/mol. The van der Waals surface area contributed by atoms with E-state index < -0.39 is 35.6 Å². The van der Waals surface area contributed by atoms with E-state index in [-0.39, 0.29) is 51.6 Å². The molecule has 1 heterocycles. The van der Waals surface area contributed by atoms with Crippen LogP contribution in [0.4, 0.5) is 0 Å². The van der Waals surface area contributed by atoms with Crippen molar-refractivity contribution in [2.45, 2.75) is 51.4 Å². The average Bonchev–Trinajstić information content (AvgIpc) is 3.03. The molecule has 0 amide bonds. The van der Waals surface area contributed by atoms with Crippen LogP contribution in [0, 0.1) is 23.7 Å². The average molecular weight is 607 g/mol. The summed E-state index contributed by atoms with van der Waals surface area (Å²) in [6.07, 6.45) is 16.2. The molecule has 0 bridgehead atoms. The molecule has 3 aliphatic rings. The molecule has 43 heavy (non-hydrogen) atoms. The summed E-state index contributed by atoms with van der Waals surface area (Å²) < 4.78 is 38.0. The van der Waals surface area contributed by atoms with Crippen molar-refractivity contribution in [3.05, 3.63) is 36.5 Å². The molecule has 0 aromatic carbocycles. The first-order valence-electron chi connectivity index (χ1n) is 15.4. The van der Waals surface area contributed by atoms with Crippen LogP contribution in [0.15, 0.2) is 36.5 Å². The summed E-state index contributed by atoms with van der Waals surface area (Å²) in [6, 6.07) is 0. The second-order valence-corrected chi connectivity index (χ2v) is 10.6. The molecular formula is C32H46O11. The number of carbonyl (C=O) groups is 4. The van der Waals surface area contributed by atoms with E-state index in [1.54, 1.807) is 0 Å². The van der Waals surface area contributed by atoms with Gasteiger partial charge in [-0.3, -0.25) is 19.2 Å². The Balaban J connectivity index is 1.46. The van der Waals surface area contributed by atoms with Gasteiger partial charge in [-0.05, 0) is 51.4 Å². The molecule has 11 nitrogen and oxygen atoms in total. The van der Waals surface area contributed by atoms with Gasteiger partial charge in [-0.2, -0.15) is 0 Å². The number of allylic oxidation sites excluding steroid dienone is 6. The van der Waals surface area contributed by atoms with E-state index in [1.165, 1.54) is 0 Å². The number of ether oxygens (including phenoxy) is 7. The smallest absolute Gasteiger partial charge is 0.310 e. The lowest BCUT2D eigenvalue weighted by molar-refractivity contribution is -0.162. The molecule has 1 aliphatic heterocycles. The largest absolute Gasteiger partial charge is 0.465 e. The van der Waals surface area contributed by atoms with Crippen molar-refractivity contribution in [1.82, 2.24) is 0 Å². The normalized spacial score (nSPS) is 29.8. The van der Waals surface area contributed by atoms with Crippen molar-refractivity contribution in [1.29, 1.82) is 0 Å². The third-order valence-corrected chi connectivity index (χ3v) is 7.45. The van der Waals surface area contributed by atoms with Crippen LogP contribution in [0.3, 0.4) is 0 Å². The lowest BCUT2D eigenvalue weighted by atomic mass is 9.83. The first-order valence-corrected chi connectivity index (χ1v) is 15.4. The SMILES string of the molecule is O=C1OCCOCCOCCOCCOC(=O)[C@@H]2CC=CC[C@@H]2C(=O)OCCC/C=C\CCCOC(=O)[C@@H]2CC=CC[C@H]12. The van der Waals surface area contributed by atoms with Crippen LogP contribution < -0.4 is 0 Å². The first-order chi connectivity index (χ1) is 21.1. The van der Waals surface area contributed by atoms with Crippen LogP contribution in [-0.4, -0.2) is 89.9 Å². The Morgan fingerprint density at radius 1 is 0.372 bits per heavy atom. The standard InChI is InChI=1S/C32H46O11/c33-29-25-11-5-7-13-27(25)31(35)42-23-21-38-19-17-37-18-20-39-22-24-43-32(36)28-14-8-6-12-26(28)30(34)41-16-10-4-2-1-3-9-15-40-29/h1-2,5-8,25-28H,3-4,9-24H2/b2-1-/t25-,26+,27+,28-. The summed E-state index contributed by atoms with van der Waals surface area (Å²) in [4.78, 5) is 50.7. The molecule has 0 unspecified atom stereocenters. The summed E-state index contributed by atoms with van der Waals surface area (Å²) in [7, 11) is 0. The number of cyclic esters (lactones) is 4. The molecule has 11 heteroatoms. The zero-order chi connectivity index (χ0) is 30.5. The van der Waals surface area contributed by atoms with Crippen molar-refractivity contribution in [2.75, 3.05) is 66.1 Å². The third-order valence-electron chi connectivity index (χ3n) is 7.45. The number of rotatable bonds is 0. The zero-order valence-corrected chi connectivity index (χ0v) is 25.0. The molecule has 0 aromatic rings. The Bertz CT molecular complexity index is 883. The van der Waals surface area contributed by atoms with Crippen molar-refractivity contribution in [2.24, 2.45) is 23.7 Å². The van der Waals surface area contributed by atoms with Gasteiger partial charge in [0.2, 0.25) is 0 Å². The van der Waals surface area contributed by atoms with Gasteiger partial charge in [-0.25, -0.2) is 0 Å². The predicted molar refractivity (Wildman–Crippen MR) is 155 cm³/mol. The van der Waals surface area contributed by atoms with Crippen molar-refractivity contribution in [3.8, 4) is 0 Å². The van der Waals surface area contributed by atoms with Crippen LogP contribution in [0.25, 0.3) is 0 Å². The number of fused-ring (bicyclic) bond motifs is 2. The van der Waals surface area contributed by atoms with Gasteiger partial charge in [-0.1, -0.05) is 36.5 Å². The highest BCUT2D eigenvalue weighted by Crippen LogP contribution is 2.29. The molecule has 0 saturated carbocycles. The fourth-order valence-corrected chi connectivity index (χ4v) is 5.03. The molecule has 0 saturated heterocycles. The van der Waals surface area contributed by atoms with E-state index in [2.05, 4.69) is 0 Å². The van der Waals surface area contributed by atoms with Gasteiger partial charge in [-0.15, -0.1) is 0 Å². The Hall–Kier alpha value is -3.02. The van der Waals surface area contributed by atoms with Gasteiger partial charge in [0.05, 0.1) is 76.5 Å². The summed E-state index contributed by atoms with van der Waals surface area (Å²) in [5, 5.41) is 0.